The van der Waals surface area contributed by atoms with E-state index in [9.17, 15) is 10.2 Å². The van der Waals surface area contributed by atoms with Crippen molar-refractivity contribution in [3.8, 4) is 0 Å². The molecule has 106 valence electrons. The van der Waals surface area contributed by atoms with Gasteiger partial charge in [-0.1, -0.05) is 13.8 Å². The fourth-order valence-corrected chi connectivity index (χ4v) is 1.96. The van der Waals surface area contributed by atoms with Gasteiger partial charge in [0.1, 0.15) is 11.2 Å². The number of aliphatic hydroxyl groups is 2. The fourth-order valence-electron chi connectivity index (χ4n) is 1.96. The predicted molar refractivity (Wildman–Crippen MR) is 61.6 cm³/mol. The van der Waals surface area contributed by atoms with Gasteiger partial charge < -0.3 is 24.4 Å². The zero-order chi connectivity index (χ0) is 13.4. The second-order valence-electron chi connectivity index (χ2n) is 5.16. The zero-order valence-electron chi connectivity index (χ0n) is 11.1. The average Bonchev–Trinajstić information content (AvgIpc) is 2.39. The third-order valence-electron chi connectivity index (χ3n) is 3.88. The molecule has 2 saturated heterocycles. The van der Waals surface area contributed by atoms with E-state index in [-0.39, 0.29) is 19.8 Å². The van der Waals surface area contributed by atoms with E-state index < -0.39 is 23.5 Å². The highest BCUT2D eigenvalue weighted by molar-refractivity contribution is 4.88. The Kier molecular flexibility index (Phi) is 3.70. The van der Waals surface area contributed by atoms with Crippen LogP contribution in [0.15, 0.2) is 0 Å². The Morgan fingerprint density at radius 2 is 1.56 bits per heavy atom. The number of hydrogen-bond donors (Lipinski definition) is 2. The lowest BCUT2D eigenvalue weighted by Crippen LogP contribution is -2.64. The third kappa shape index (κ3) is 2.41. The molecule has 2 aliphatic heterocycles. The summed E-state index contributed by atoms with van der Waals surface area (Å²) in [5.41, 5.74) is -2.03. The van der Waals surface area contributed by atoms with Crippen LogP contribution in [-0.4, -0.2) is 53.5 Å². The molecule has 2 N–H and O–H groups in total. The van der Waals surface area contributed by atoms with Gasteiger partial charge in [0.2, 0.25) is 0 Å². The Morgan fingerprint density at radius 1 is 1.00 bits per heavy atom. The molecule has 6 heteroatoms. The maximum Gasteiger partial charge on any atom is 0.413 e. The summed E-state index contributed by atoms with van der Waals surface area (Å²) in [6.45, 7) is 5.71. The Hall–Kier alpha value is -0.240. The standard InChI is InChI=1S/C12H22O6/c1-4-10(13)6-15-12(16-7-10)17-8-11(14,5-2)9(3)18-12/h9,13-14H,4-8H2,1-3H3. The van der Waals surface area contributed by atoms with Gasteiger partial charge in [-0.25, -0.2) is 0 Å². The van der Waals surface area contributed by atoms with E-state index in [0.29, 0.717) is 12.8 Å². The first kappa shape index (κ1) is 14.2. The number of rotatable bonds is 2. The topological polar surface area (TPSA) is 77.4 Å². The molecule has 0 aromatic heterocycles. The molecule has 0 bridgehead atoms. The van der Waals surface area contributed by atoms with Gasteiger partial charge in [0.15, 0.2) is 0 Å². The van der Waals surface area contributed by atoms with E-state index in [1.807, 2.05) is 13.8 Å². The second-order valence-corrected chi connectivity index (χ2v) is 5.16. The molecule has 0 aromatic carbocycles. The van der Waals surface area contributed by atoms with E-state index >= 15 is 0 Å². The van der Waals surface area contributed by atoms with Crippen molar-refractivity contribution in [1.29, 1.82) is 0 Å². The normalized spacial score (nSPS) is 49.5. The summed E-state index contributed by atoms with van der Waals surface area (Å²) in [4.78, 5) is 0. The summed E-state index contributed by atoms with van der Waals surface area (Å²) in [5.74, 6) is 0. The fraction of sp³-hybridized carbons (Fsp3) is 1.00. The van der Waals surface area contributed by atoms with Crippen molar-refractivity contribution in [1.82, 2.24) is 0 Å². The second kappa shape index (κ2) is 4.70. The van der Waals surface area contributed by atoms with E-state index in [0.717, 1.165) is 0 Å². The van der Waals surface area contributed by atoms with Gasteiger partial charge in [-0.15, -0.1) is 0 Å². The van der Waals surface area contributed by atoms with Gasteiger partial charge >= 0.3 is 6.16 Å². The minimum absolute atomic E-state index is 0.0786. The van der Waals surface area contributed by atoms with Crippen LogP contribution in [0.4, 0.5) is 0 Å². The van der Waals surface area contributed by atoms with Crippen molar-refractivity contribution in [2.24, 2.45) is 0 Å². The Balaban J connectivity index is 2.01. The lowest BCUT2D eigenvalue weighted by molar-refractivity contribution is -0.561. The molecular formula is C12H22O6. The molecule has 0 radical (unpaired) electrons. The molecule has 2 atom stereocenters. The highest BCUT2D eigenvalue weighted by atomic mass is 17.0. The third-order valence-corrected chi connectivity index (χ3v) is 3.88. The van der Waals surface area contributed by atoms with Crippen molar-refractivity contribution in [2.45, 2.75) is 57.1 Å². The molecule has 2 aliphatic rings. The molecule has 18 heavy (non-hydrogen) atoms. The lowest BCUT2D eigenvalue weighted by Gasteiger charge is -2.49. The van der Waals surface area contributed by atoms with Crippen LogP contribution in [0.25, 0.3) is 0 Å². The summed E-state index contributed by atoms with van der Waals surface area (Å²) >= 11 is 0. The molecule has 2 heterocycles. The van der Waals surface area contributed by atoms with Crippen LogP contribution >= 0.6 is 0 Å². The van der Waals surface area contributed by atoms with Crippen molar-refractivity contribution in [2.75, 3.05) is 19.8 Å². The van der Waals surface area contributed by atoms with E-state index in [1.165, 1.54) is 0 Å². The molecule has 2 rings (SSSR count). The van der Waals surface area contributed by atoms with Gasteiger partial charge in [0, 0.05) is 0 Å². The van der Waals surface area contributed by atoms with Crippen molar-refractivity contribution in [3.05, 3.63) is 0 Å². The lowest BCUT2D eigenvalue weighted by atomic mass is 9.95. The van der Waals surface area contributed by atoms with E-state index in [1.54, 1.807) is 6.92 Å². The van der Waals surface area contributed by atoms with Gasteiger partial charge in [-0.3, -0.25) is 4.74 Å². The summed E-state index contributed by atoms with van der Waals surface area (Å²) in [6, 6.07) is 0. The molecule has 2 fully saturated rings. The molecular weight excluding hydrogens is 240 g/mol. The van der Waals surface area contributed by atoms with Crippen LogP contribution in [0.3, 0.4) is 0 Å². The molecule has 0 aromatic rings. The monoisotopic (exact) mass is 262 g/mol. The minimum Gasteiger partial charge on any atom is -0.385 e. The van der Waals surface area contributed by atoms with E-state index in [4.69, 9.17) is 18.9 Å². The molecule has 6 nitrogen and oxygen atoms in total. The number of ether oxygens (including phenoxy) is 4. The summed E-state index contributed by atoms with van der Waals surface area (Å²) in [6.07, 6.45) is -1.01. The van der Waals surface area contributed by atoms with Crippen LogP contribution in [0, 0.1) is 0 Å². The van der Waals surface area contributed by atoms with Crippen LogP contribution in [0.1, 0.15) is 33.6 Å². The van der Waals surface area contributed by atoms with Gasteiger partial charge in [0.25, 0.3) is 0 Å². The highest BCUT2D eigenvalue weighted by Gasteiger charge is 2.54. The zero-order valence-corrected chi connectivity index (χ0v) is 11.1. The predicted octanol–water partition coefficient (Wildman–Crippen LogP) is 0.362. The first-order chi connectivity index (χ1) is 8.37. The molecule has 0 amide bonds. The minimum atomic E-state index is -1.58. The quantitative estimate of drug-likeness (QED) is 0.748. The van der Waals surface area contributed by atoms with Crippen molar-refractivity contribution in [3.63, 3.8) is 0 Å². The van der Waals surface area contributed by atoms with Crippen molar-refractivity contribution >= 4 is 0 Å². The average molecular weight is 262 g/mol. The van der Waals surface area contributed by atoms with Crippen LogP contribution in [0.2, 0.25) is 0 Å². The van der Waals surface area contributed by atoms with Gasteiger partial charge in [0.05, 0.1) is 25.9 Å². The van der Waals surface area contributed by atoms with Crippen LogP contribution in [0.5, 0.6) is 0 Å². The first-order valence-electron chi connectivity index (χ1n) is 6.41. The Morgan fingerprint density at radius 3 is 2.00 bits per heavy atom. The molecule has 0 aliphatic carbocycles. The van der Waals surface area contributed by atoms with E-state index in [2.05, 4.69) is 0 Å². The van der Waals surface area contributed by atoms with Gasteiger partial charge in [-0.2, -0.15) is 0 Å². The Bertz CT molecular complexity index is 293. The smallest absolute Gasteiger partial charge is 0.385 e. The van der Waals surface area contributed by atoms with Crippen LogP contribution < -0.4 is 0 Å². The van der Waals surface area contributed by atoms with Crippen molar-refractivity contribution < 1.29 is 29.2 Å². The SMILES string of the molecule is CCC1(O)COC2(OC1)OCC(O)(CC)C(C)O2. The Labute approximate surface area is 107 Å². The molecule has 1 spiro atoms. The largest absolute Gasteiger partial charge is 0.413 e. The maximum atomic E-state index is 10.2. The first-order valence-corrected chi connectivity index (χ1v) is 6.41. The van der Waals surface area contributed by atoms with Gasteiger partial charge in [-0.05, 0) is 19.8 Å². The highest BCUT2D eigenvalue weighted by Crippen LogP contribution is 2.36. The summed E-state index contributed by atoms with van der Waals surface area (Å²) in [5, 5.41) is 20.2. The maximum absolute atomic E-state index is 10.2. The summed E-state index contributed by atoms with van der Waals surface area (Å²) < 4.78 is 21.7. The summed E-state index contributed by atoms with van der Waals surface area (Å²) in [7, 11) is 0. The number of hydrogen-bond acceptors (Lipinski definition) is 6. The molecule has 2 unspecified atom stereocenters. The van der Waals surface area contributed by atoms with Crippen LogP contribution in [-0.2, 0) is 18.9 Å². The molecule has 0 saturated carbocycles.